The molecule has 0 saturated heterocycles. The number of hydrogen-bond donors (Lipinski definition) is 2. The van der Waals surface area contributed by atoms with Crippen LogP contribution < -0.4 is 5.32 Å². The molecule has 0 radical (unpaired) electrons. The number of carbonyl (C=O) groups is 2. The van der Waals surface area contributed by atoms with Crippen LogP contribution in [0, 0.1) is 5.92 Å². The van der Waals surface area contributed by atoms with Crippen LogP contribution in [-0.2, 0) is 4.79 Å². The Kier molecular flexibility index (Phi) is 4.37. The van der Waals surface area contributed by atoms with Gasteiger partial charge in [-0.05, 0) is 39.0 Å². The summed E-state index contributed by atoms with van der Waals surface area (Å²) in [6, 6.07) is -0.272. The van der Waals surface area contributed by atoms with Crippen LogP contribution in [0.2, 0.25) is 0 Å². The molecule has 1 fully saturated rings. The molecule has 0 spiro atoms. The van der Waals surface area contributed by atoms with E-state index in [2.05, 4.69) is 5.32 Å². The Bertz CT molecular complexity index is 298. The Hall–Kier alpha value is -1.26. The number of nitrogens with zero attached hydrogens (tertiary/aromatic N) is 1. The average Bonchev–Trinajstić information content (AvgIpc) is 2.98. The van der Waals surface area contributed by atoms with Crippen molar-refractivity contribution >= 4 is 12.0 Å². The molecule has 5 nitrogen and oxygen atoms in total. The van der Waals surface area contributed by atoms with Gasteiger partial charge < -0.3 is 15.3 Å². The van der Waals surface area contributed by atoms with Crippen LogP contribution in [0.4, 0.5) is 4.79 Å². The topological polar surface area (TPSA) is 69.6 Å². The number of carboxylic acids is 1. The van der Waals surface area contributed by atoms with Crippen molar-refractivity contribution in [2.75, 3.05) is 13.1 Å². The number of hydrogen-bond acceptors (Lipinski definition) is 2. The second-order valence-electron chi connectivity index (χ2n) is 5.24. The van der Waals surface area contributed by atoms with Gasteiger partial charge in [0.25, 0.3) is 0 Å². The van der Waals surface area contributed by atoms with Crippen LogP contribution in [0.25, 0.3) is 0 Å². The summed E-state index contributed by atoms with van der Waals surface area (Å²) in [6.45, 7) is 6.15. The quantitative estimate of drug-likeness (QED) is 0.744. The molecule has 0 aromatic rings. The first-order valence-electron chi connectivity index (χ1n) is 6.15. The Labute approximate surface area is 102 Å². The highest BCUT2D eigenvalue weighted by atomic mass is 16.4. The number of carboxylic acid groups (broad SMARTS) is 1. The van der Waals surface area contributed by atoms with E-state index in [1.54, 1.807) is 0 Å². The molecule has 0 aromatic carbocycles. The number of nitrogens with one attached hydrogen (secondary N) is 1. The first-order chi connectivity index (χ1) is 7.86. The highest BCUT2D eigenvalue weighted by molar-refractivity contribution is 5.80. The third kappa shape index (κ3) is 4.24. The molecule has 1 aliphatic rings. The van der Waals surface area contributed by atoms with Crippen molar-refractivity contribution in [3.8, 4) is 0 Å². The van der Waals surface area contributed by atoms with Crippen LogP contribution in [0.15, 0.2) is 0 Å². The zero-order valence-electron chi connectivity index (χ0n) is 10.8. The van der Waals surface area contributed by atoms with Gasteiger partial charge in [0.2, 0.25) is 0 Å². The van der Waals surface area contributed by atoms with E-state index in [0.29, 0.717) is 12.5 Å². The van der Waals surface area contributed by atoms with E-state index in [9.17, 15) is 9.59 Å². The predicted octanol–water partition coefficient (Wildman–Crippen LogP) is 1.68. The smallest absolute Gasteiger partial charge is 0.323 e. The molecule has 0 heterocycles. The number of rotatable bonds is 6. The molecule has 0 aromatic heterocycles. The van der Waals surface area contributed by atoms with E-state index in [4.69, 9.17) is 5.11 Å². The fourth-order valence-electron chi connectivity index (χ4n) is 1.95. The minimum absolute atomic E-state index is 0.235. The molecule has 17 heavy (non-hydrogen) atoms. The van der Waals surface area contributed by atoms with Gasteiger partial charge >= 0.3 is 12.0 Å². The van der Waals surface area contributed by atoms with E-state index >= 15 is 0 Å². The molecular formula is C12H22N2O3. The molecule has 1 aliphatic carbocycles. The summed E-state index contributed by atoms with van der Waals surface area (Å²) in [7, 11) is 0. The van der Waals surface area contributed by atoms with Gasteiger partial charge in [0.05, 0.1) is 0 Å². The first kappa shape index (κ1) is 13.8. The van der Waals surface area contributed by atoms with Crippen molar-refractivity contribution in [1.82, 2.24) is 10.2 Å². The summed E-state index contributed by atoms with van der Waals surface area (Å²) in [6.07, 6.45) is 3.03. The molecule has 0 aliphatic heterocycles. The summed E-state index contributed by atoms with van der Waals surface area (Å²) in [5, 5.41) is 11.7. The molecule has 2 amide bonds. The van der Waals surface area contributed by atoms with Crippen molar-refractivity contribution in [2.45, 2.75) is 45.6 Å². The van der Waals surface area contributed by atoms with Crippen LogP contribution in [-0.4, -0.2) is 40.6 Å². The molecule has 2 N–H and O–H groups in total. The molecule has 0 bridgehead atoms. The molecule has 5 heteroatoms. The zero-order chi connectivity index (χ0) is 13.1. The van der Waals surface area contributed by atoms with E-state index in [-0.39, 0.29) is 18.1 Å². The third-order valence-corrected chi connectivity index (χ3v) is 3.13. The summed E-state index contributed by atoms with van der Waals surface area (Å²) < 4.78 is 0. The van der Waals surface area contributed by atoms with E-state index in [1.165, 1.54) is 4.90 Å². The number of urea groups is 1. The van der Waals surface area contributed by atoms with Crippen molar-refractivity contribution in [3.05, 3.63) is 0 Å². The van der Waals surface area contributed by atoms with Crippen LogP contribution >= 0.6 is 0 Å². The number of aliphatic carboxylic acids is 1. The van der Waals surface area contributed by atoms with Crippen molar-refractivity contribution in [1.29, 1.82) is 0 Å². The Morgan fingerprint density at radius 1 is 1.41 bits per heavy atom. The Balaban J connectivity index is 2.54. The van der Waals surface area contributed by atoms with Gasteiger partial charge in [-0.25, -0.2) is 4.79 Å². The van der Waals surface area contributed by atoms with Crippen molar-refractivity contribution in [2.24, 2.45) is 5.92 Å². The monoisotopic (exact) mass is 242 g/mol. The van der Waals surface area contributed by atoms with Crippen LogP contribution in [0.1, 0.15) is 40.0 Å². The maximum Gasteiger partial charge on any atom is 0.323 e. The third-order valence-electron chi connectivity index (χ3n) is 3.13. The van der Waals surface area contributed by atoms with Gasteiger partial charge in [-0.15, -0.1) is 0 Å². The summed E-state index contributed by atoms with van der Waals surface area (Å²) in [5.41, 5.74) is -0.235. The normalized spacial score (nSPS) is 15.5. The van der Waals surface area contributed by atoms with Gasteiger partial charge in [0.15, 0.2) is 0 Å². The largest absolute Gasteiger partial charge is 0.480 e. The fourth-order valence-corrected chi connectivity index (χ4v) is 1.95. The first-order valence-corrected chi connectivity index (χ1v) is 6.15. The summed E-state index contributed by atoms with van der Waals surface area (Å²) in [5.74, 6) is -0.447. The van der Waals surface area contributed by atoms with E-state index in [1.807, 2.05) is 20.8 Å². The zero-order valence-corrected chi connectivity index (χ0v) is 10.8. The standard InChI is InChI=1S/C12H22N2O3/c1-4-7-14(8-10(15)16)11(17)13-12(2,3)9-5-6-9/h9H,4-8H2,1-3H3,(H,13,17)(H,15,16). The van der Waals surface area contributed by atoms with Gasteiger partial charge in [-0.3, -0.25) is 4.79 Å². The van der Waals surface area contributed by atoms with Gasteiger partial charge in [0, 0.05) is 12.1 Å². The lowest BCUT2D eigenvalue weighted by molar-refractivity contribution is -0.137. The lowest BCUT2D eigenvalue weighted by Gasteiger charge is -2.30. The van der Waals surface area contributed by atoms with Crippen LogP contribution in [0.3, 0.4) is 0 Å². The van der Waals surface area contributed by atoms with Crippen molar-refractivity contribution < 1.29 is 14.7 Å². The SMILES string of the molecule is CCCN(CC(=O)O)C(=O)NC(C)(C)C1CC1. The lowest BCUT2D eigenvalue weighted by Crippen LogP contribution is -2.52. The molecule has 0 atom stereocenters. The number of carbonyl (C=O) groups excluding carboxylic acids is 1. The predicted molar refractivity (Wildman–Crippen MR) is 64.8 cm³/mol. The number of amides is 2. The molecule has 0 unspecified atom stereocenters. The lowest BCUT2D eigenvalue weighted by atomic mass is 9.99. The fraction of sp³-hybridized carbons (Fsp3) is 0.833. The van der Waals surface area contributed by atoms with Gasteiger partial charge in [-0.1, -0.05) is 6.92 Å². The Morgan fingerprint density at radius 3 is 2.41 bits per heavy atom. The maximum absolute atomic E-state index is 12.0. The minimum Gasteiger partial charge on any atom is -0.480 e. The molecule has 98 valence electrons. The highest BCUT2D eigenvalue weighted by Gasteiger charge is 2.39. The van der Waals surface area contributed by atoms with E-state index < -0.39 is 5.97 Å². The van der Waals surface area contributed by atoms with Crippen molar-refractivity contribution in [3.63, 3.8) is 0 Å². The van der Waals surface area contributed by atoms with Gasteiger partial charge in [0.1, 0.15) is 6.54 Å². The summed E-state index contributed by atoms with van der Waals surface area (Å²) >= 11 is 0. The molecule has 1 rings (SSSR count). The maximum atomic E-state index is 12.0. The molecule has 1 saturated carbocycles. The highest BCUT2D eigenvalue weighted by Crippen LogP contribution is 2.39. The summed E-state index contributed by atoms with van der Waals surface area (Å²) in [4.78, 5) is 24.0. The second-order valence-corrected chi connectivity index (χ2v) is 5.24. The van der Waals surface area contributed by atoms with E-state index in [0.717, 1.165) is 19.3 Å². The average molecular weight is 242 g/mol. The minimum atomic E-state index is -0.974. The van der Waals surface area contributed by atoms with Crippen LogP contribution in [0.5, 0.6) is 0 Å². The van der Waals surface area contributed by atoms with Gasteiger partial charge in [-0.2, -0.15) is 0 Å². The second kappa shape index (κ2) is 5.38. The Morgan fingerprint density at radius 2 is 2.00 bits per heavy atom. The molecular weight excluding hydrogens is 220 g/mol.